The fraction of sp³-hybridized carbons (Fsp3) is 0.579. The Morgan fingerprint density at radius 1 is 1.17 bits per heavy atom. The molecule has 0 N–H and O–H groups in total. The first-order chi connectivity index (χ1) is 11.6. The van der Waals surface area contributed by atoms with Crippen molar-refractivity contribution in [1.82, 2.24) is 4.90 Å². The van der Waals surface area contributed by atoms with Gasteiger partial charge in [-0.05, 0) is 42.5 Å². The molecule has 24 heavy (non-hydrogen) atoms. The lowest BCUT2D eigenvalue weighted by Gasteiger charge is -2.36. The molecule has 1 aromatic heterocycles. The van der Waals surface area contributed by atoms with Crippen LogP contribution in [0.2, 0.25) is 0 Å². The molecule has 1 heterocycles. The number of fused-ring (bicyclic) bond motifs is 2. The third kappa shape index (κ3) is 2.69. The van der Waals surface area contributed by atoms with Crippen LogP contribution in [0.5, 0.6) is 0 Å². The Hall–Kier alpha value is -1.62. The summed E-state index contributed by atoms with van der Waals surface area (Å²) in [7, 11) is 0. The lowest BCUT2D eigenvalue weighted by molar-refractivity contribution is -0.313. The maximum Gasteiger partial charge on any atom is 0.227 e. The van der Waals surface area contributed by atoms with Crippen LogP contribution in [0.15, 0.2) is 29.7 Å². The summed E-state index contributed by atoms with van der Waals surface area (Å²) >= 11 is 1.66. The first kappa shape index (κ1) is 15.9. The molecule has 5 heteroatoms. The normalized spacial score (nSPS) is 31.7. The molecule has 0 aromatic carbocycles. The molecule has 4 rings (SSSR count). The van der Waals surface area contributed by atoms with Crippen molar-refractivity contribution >= 4 is 23.2 Å². The predicted octanol–water partition coefficient (Wildman–Crippen LogP) is 2.21. The third-order valence-corrected chi connectivity index (χ3v) is 6.83. The summed E-state index contributed by atoms with van der Waals surface area (Å²) in [5, 5.41) is 13.7. The van der Waals surface area contributed by atoms with Crippen molar-refractivity contribution in [2.45, 2.75) is 44.7 Å². The second-order valence-electron chi connectivity index (χ2n) is 7.30. The van der Waals surface area contributed by atoms with Gasteiger partial charge in [0.1, 0.15) is 0 Å². The number of carbonyl (C=O) groups is 2. The number of rotatable bonds is 5. The van der Waals surface area contributed by atoms with E-state index < -0.39 is 17.8 Å². The van der Waals surface area contributed by atoms with E-state index in [4.69, 9.17) is 0 Å². The highest BCUT2D eigenvalue weighted by Crippen LogP contribution is 2.49. The molecule has 0 saturated heterocycles. The van der Waals surface area contributed by atoms with Gasteiger partial charge < -0.3 is 14.8 Å². The van der Waals surface area contributed by atoms with E-state index in [-0.39, 0.29) is 23.8 Å². The molecule has 4 nitrogen and oxygen atoms in total. The third-order valence-electron chi connectivity index (χ3n) is 5.97. The van der Waals surface area contributed by atoms with E-state index in [1.54, 1.807) is 11.3 Å². The van der Waals surface area contributed by atoms with E-state index >= 15 is 0 Å². The van der Waals surface area contributed by atoms with Crippen molar-refractivity contribution in [3.8, 4) is 0 Å². The lowest BCUT2D eigenvalue weighted by atomic mass is 9.81. The zero-order valence-electron chi connectivity index (χ0n) is 13.6. The van der Waals surface area contributed by atoms with E-state index in [1.165, 1.54) is 4.88 Å². The Bertz CT molecular complexity index is 648. The molecule has 128 valence electrons. The van der Waals surface area contributed by atoms with E-state index in [0.717, 1.165) is 32.1 Å². The van der Waals surface area contributed by atoms with Crippen molar-refractivity contribution in [2.24, 2.45) is 23.7 Å². The quantitative estimate of drug-likeness (QED) is 0.770. The average molecular weight is 344 g/mol. The van der Waals surface area contributed by atoms with Gasteiger partial charge in [-0.15, -0.1) is 11.3 Å². The lowest BCUT2D eigenvalue weighted by Crippen LogP contribution is -2.48. The van der Waals surface area contributed by atoms with Crippen LogP contribution in [-0.2, 0) is 16.1 Å². The zero-order valence-corrected chi connectivity index (χ0v) is 14.4. The maximum absolute atomic E-state index is 13.4. The van der Waals surface area contributed by atoms with Crippen molar-refractivity contribution in [3.05, 3.63) is 34.5 Å². The minimum atomic E-state index is -1.06. The van der Waals surface area contributed by atoms with Gasteiger partial charge in [-0.25, -0.2) is 0 Å². The molecule has 1 amide bonds. The first-order valence-electron chi connectivity index (χ1n) is 8.87. The van der Waals surface area contributed by atoms with E-state index in [0.29, 0.717) is 6.54 Å². The Labute approximate surface area is 146 Å². The van der Waals surface area contributed by atoms with Gasteiger partial charge >= 0.3 is 0 Å². The van der Waals surface area contributed by atoms with E-state index in [9.17, 15) is 14.7 Å². The number of allylic oxidation sites excluding steroid dienone is 2. The fourth-order valence-electron chi connectivity index (χ4n) is 4.85. The van der Waals surface area contributed by atoms with Crippen LogP contribution in [0.1, 0.15) is 37.0 Å². The Balaban J connectivity index is 1.60. The molecule has 2 bridgehead atoms. The van der Waals surface area contributed by atoms with Gasteiger partial charge in [0.15, 0.2) is 0 Å². The number of hydrogen-bond donors (Lipinski definition) is 0. The maximum atomic E-state index is 13.4. The van der Waals surface area contributed by atoms with Gasteiger partial charge in [-0.3, -0.25) is 4.79 Å². The highest BCUT2D eigenvalue weighted by Gasteiger charge is 2.50. The highest BCUT2D eigenvalue weighted by atomic mass is 32.1. The van der Waals surface area contributed by atoms with Crippen LogP contribution in [0.4, 0.5) is 0 Å². The van der Waals surface area contributed by atoms with Gasteiger partial charge in [-0.1, -0.05) is 31.1 Å². The average Bonchev–Trinajstić information content (AvgIpc) is 3.36. The number of hydrogen-bond acceptors (Lipinski definition) is 4. The van der Waals surface area contributed by atoms with Crippen LogP contribution < -0.4 is 5.11 Å². The van der Waals surface area contributed by atoms with Gasteiger partial charge in [0.25, 0.3) is 0 Å². The van der Waals surface area contributed by atoms with Crippen LogP contribution in [0.3, 0.4) is 0 Å². The number of carboxylic acid groups (broad SMARTS) is 1. The Morgan fingerprint density at radius 3 is 2.50 bits per heavy atom. The van der Waals surface area contributed by atoms with Crippen molar-refractivity contribution < 1.29 is 14.7 Å². The summed E-state index contributed by atoms with van der Waals surface area (Å²) in [5.41, 5.74) is 0. The Kier molecular flexibility index (Phi) is 4.21. The minimum Gasteiger partial charge on any atom is -0.550 e. The molecule has 0 aliphatic heterocycles. The standard InChI is InChI=1S/C19H23NO3S/c21-18(16-12-7-8-13(10-12)17(16)19(22)23)20(14-4-1-2-5-14)11-15-6-3-9-24-15/h3,6-9,12-14,16-17H,1-2,4-5,10-11H2,(H,22,23)/p-1/t12-,13+,16+,17+/m0/s1. The number of thiophene rings is 1. The minimum absolute atomic E-state index is 0.0267. The predicted molar refractivity (Wildman–Crippen MR) is 89.8 cm³/mol. The summed E-state index contributed by atoms with van der Waals surface area (Å²) in [6.07, 6.45) is 9.16. The van der Waals surface area contributed by atoms with Crippen molar-refractivity contribution in [1.29, 1.82) is 0 Å². The topological polar surface area (TPSA) is 60.4 Å². The smallest absolute Gasteiger partial charge is 0.227 e. The largest absolute Gasteiger partial charge is 0.550 e. The molecule has 3 aliphatic rings. The van der Waals surface area contributed by atoms with Crippen molar-refractivity contribution in [2.75, 3.05) is 0 Å². The summed E-state index contributed by atoms with van der Waals surface area (Å²) < 4.78 is 0. The number of carboxylic acids is 1. The number of aliphatic carboxylic acids is 1. The molecule has 3 aliphatic carbocycles. The Morgan fingerprint density at radius 2 is 1.88 bits per heavy atom. The highest BCUT2D eigenvalue weighted by molar-refractivity contribution is 7.09. The molecule has 0 spiro atoms. The molecule has 4 atom stereocenters. The molecule has 1 aromatic rings. The van der Waals surface area contributed by atoms with Crippen molar-refractivity contribution in [3.63, 3.8) is 0 Å². The van der Waals surface area contributed by atoms with Crippen LogP contribution >= 0.6 is 11.3 Å². The summed E-state index contributed by atoms with van der Waals surface area (Å²) in [6.45, 7) is 0.610. The van der Waals surface area contributed by atoms with Crippen LogP contribution in [-0.4, -0.2) is 22.8 Å². The summed E-state index contributed by atoms with van der Waals surface area (Å²) in [4.78, 5) is 28.2. The van der Waals surface area contributed by atoms with Gasteiger partial charge in [0.05, 0.1) is 12.5 Å². The SMILES string of the molecule is O=C([O-])[C@H]1[C@H](C(=O)N(Cc2cccs2)C2CCCC2)[C@H]2C=C[C@@H]1C2. The van der Waals surface area contributed by atoms with Crippen LogP contribution in [0, 0.1) is 23.7 Å². The number of amides is 1. The fourth-order valence-corrected chi connectivity index (χ4v) is 5.55. The number of nitrogens with zero attached hydrogens (tertiary/aromatic N) is 1. The van der Waals surface area contributed by atoms with Crippen LogP contribution in [0.25, 0.3) is 0 Å². The van der Waals surface area contributed by atoms with Gasteiger partial charge in [-0.2, -0.15) is 0 Å². The van der Waals surface area contributed by atoms with E-state index in [2.05, 4.69) is 6.07 Å². The molecule has 2 fully saturated rings. The molecular formula is C19H22NO3S-. The monoisotopic (exact) mass is 344 g/mol. The molecule has 2 saturated carbocycles. The summed E-state index contributed by atoms with van der Waals surface area (Å²) in [5.74, 6) is -2.09. The first-order valence-corrected chi connectivity index (χ1v) is 9.75. The van der Waals surface area contributed by atoms with E-state index in [1.807, 2.05) is 28.5 Å². The molecule has 0 radical (unpaired) electrons. The number of carbonyl (C=O) groups excluding carboxylic acids is 2. The second kappa shape index (κ2) is 6.36. The zero-order chi connectivity index (χ0) is 16.7. The molecular weight excluding hydrogens is 322 g/mol. The second-order valence-corrected chi connectivity index (χ2v) is 8.33. The molecule has 0 unspecified atom stereocenters. The van der Waals surface area contributed by atoms with Gasteiger partial charge in [0.2, 0.25) is 5.91 Å². The van der Waals surface area contributed by atoms with Gasteiger partial charge in [0, 0.05) is 22.8 Å². The summed E-state index contributed by atoms with van der Waals surface area (Å²) in [6, 6.07) is 4.31.